The van der Waals surface area contributed by atoms with Crippen LogP contribution in [0.3, 0.4) is 0 Å². The maximum absolute atomic E-state index is 5.65. The lowest BCUT2D eigenvalue weighted by Gasteiger charge is -2.17. The van der Waals surface area contributed by atoms with E-state index in [4.69, 9.17) is 5.73 Å². The molecule has 1 aliphatic heterocycles. The summed E-state index contributed by atoms with van der Waals surface area (Å²) in [5.74, 6) is 0.516. The van der Waals surface area contributed by atoms with Gasteiger partial charge in [0.15, 0.2) is 0 Å². The topological polar surface area (TPSA) is 38.0 Å². The molecule has 0 fully saturated rings. The average molecular weight is 148 g/mol. The van der Waals surface area contributed by atoms with Gasteiger partial charge in [-0.3, -0.25) is 0 Å². The highest BCUT2D eigenvalue weighted by molar-refractivity contribution is 5.32. The average Bonchev–Trinajstić information content (AvgIpc) is 2.27. The highest BCUT2D eigenvalue weighted by atomic mass is 15.0. The van der Waals surface area contributed by atoms with E-state index in [-0.39, 0.29) is 0 Å². The molecule has 11 heavy (non-hydrogen) atoms. The minimum atomic E-state index is 0.403. The van der Waals surface area contributed by atoms with E-state index in [2.05, 4.69) is 30.5 Å². The Morgan fingerprint density at radius 3 is 3.09 bits per heavy atom. The summed E-state index contributed by atoms with van der Waals surface area (Å²) in [5, 5.41) is 3.34. The summed E-state index contributed by atoms with van der Waals surface area (Å²) in [6, 6.07) is 0.403. The van der Waals surface area contributed by atoms with Crippen molar-refractivity contribution in [2.75, 3.05) is 0 Å². The van der Waals surface area contributed by atoms with E-state index in [9.17, 15) is 0 Å². The molecule has 3 N–H and O–H groups in total. The highest BCUT2D eigenvalue weighted by Gasteiger charge is 2.23. The van der Waals surface area contributed by atoms with Gasteiger partial charge < -0.3 is 11.1 Å². The van der Waals surface area contributed by atoms with Gasteiger partial charge in [-0.1, -0.05) is 12.2 Å². The lowest BCUT2D eigenvalue weighted by molar-refractivity contribution is 0.633. The molecule has 2 rings (SSSR count). The fraction of sp³-hybridized carbons (Fsp3) is 0.333. The Labute approximate surface area is 66.5 Å². The SMILES string of the molecule is CC1=CC2C=CC(N)=CC2N1. The van der Waals surface area contributed by atoms with Crippen LogP contribution < -0.4 is 11.1 Å². The van der Waals surface area contributed by atoms with Crippen LogP contribution in [0.1, 0.15) is 6.92 Å². The van der Waals surface area contributed by atoms with Gasteiger partial charge in [-0.05, 0) is 19.1 Å². The van der Waals surface area contributed by atoms with E-state index < -0.39 is 0 Å². The minimum absolute atomic E-state index is 0.403. The summed E-state index contributed by atoms with van der Waals surface area (Å²) in [6.07, 6.45) is 8.41. The molecule has 0 saturated heterocycles. The smallest absolute Gasteiger partial charge is 0.0562 e. The van der Waals surface area contributed by atoms with E-state index in [1.54, 1.807) is 0 Å². The van der Waals surface area contributed by atoms with Crippen molar-refractivity contribution in [2.45, 2.75) is 13.0 Å². The number of nitrogens with two attached hydrogens (primary N) is 1. The van der Waals surface area contributed by atoms with Crippen molar-refractivity contribution in [3.05, 3.63) is 35.7 Å². The second-order valence-corrected chi connectivity index (χ2v) is 3.12. The number of rotatable bonds is 0. The van der Waals surface area contributed by atoms with Crippen LogP contribution in [-0.2, 0) is 0 Å². The Bertz CT molecular complexity index is 261. The van der Waals surface area contributed by atoms with Crippen molar-refractivity contribution in [3.63, 3.8) is 0 Å². The van der Waals surface area contributed by atoms with Crippen molar-refractivity contribution in [3.8, 4) is 0 Å². The van der Waals surface area contributed by atoms with E-state index in [0.29, 0.717) is 12.0 Å². The lowest BCUT2D eigenvalue weighted by Crippen LogP contribution is -2.27. The minimum Gasteiger partial charge on any atom is -0.399 e. The molecule has 0 amide bonds. The van der Waals surface area contributed by atoms with Crippen molar-refractivity contribution < 1.29 is 0 Å². The third-order valence-electron chi connectivity index (χ3n) is 2.13. The lowest BCUT2D eigenvalue weighted by atomic mass is 9.96. The Kier molecular flexibility index (Phi) is 1.28. The number of hydrogen-bond donors (Lipinski definition) is 2. The fourth-order valence-electron chi connectivity index (χ4n) is 1.61. The molecule has 0 aromatic rings. The summed E-state index contributed by atoms with van der Waals surface area (Å²) >= 11 is 0. The quantitative estimate of drug-likeness (QED) is 0.535. The van der Waals surface area contributed by atoms with Gasteiger partial charge in [0.2, 0.25) is 0 Å². The predicted molar refractivity (Wildman–Crippen MR) is 45.6 cm³/mol. The van der Waals surface area contributed by atoms with Crippen molar-refractivity contribution in [2.24, 2.45) is 11.7 Å². The summed E-state index contributed by atoms with van der Waals surface area (Å²) in [7, 11) is 0. The molecule has 0 spiro atoms. The van der Waals surface area contributed by atoms with Gasteiger partial charge >= 0.3 is 0 Å². The fourth-order valence-corrected chi connectivity index (χ4v) is 1.61. The summed E-state index contributed by atoms with van der Waals surface area (Å²) < 4.78 is 0. The van der Waals surface area contributed by atoms with Crippen molar-refractivity contribution >= 4 is 0 Å². The second-order valence-electron chi connectivity index (χ2n) is 3.12. The summed E-state index contributed by atoms with van der Waals surface area (Å²) in [5.41, 5.74) is 7.76. The normalized spacial score (nSPS) is 33.9. The second kappa shape index (κ2) is 2.16. The third-order valence-corrected chi connectivity index (χ3v) is 2.13. The molecule has 0 radical (unpaired) electrons. The first-order chi connectivity index (χ1) is 5.25. The molecular formula is C9H12N2. The van der Waals surface area contributed by atoms with Gasteiger partial charge in [0.05, 0.1) is 6.04 Å². The molecular weight excluding hydrogens is 136 g/mol. The number of nitrogens with one attached hydrogen (secondary N) is 1. The van der Waals surface area contributed by atoms with Crippen LogP contribution in [0.2, 0.25) is 0 Å². The van der Waals surface area contributed by atoms with Gasteiger partial charge in [0.25, 0.3) is 0 Å². The molecule has 2 aliphatic rings. The first-order valence-electron chi connectivity index (χ1n) is 3.86. The zero-order chi connectivity index (χ0) is 7.84. The monoisotopic (exact) mass is 148 g/mol. The van der Waals surface area contributed by atoms with Crippen molar-refractivity contribution in [1.29, 1.82) is 0 Å². The van der Waals surface area contributed by atoms with Crippen LogP contribution in [0.4, 0.5) is 0 Å². The van der Waals surface area contributed by atoms with Crippen LogP contribution in [0, 0.1) is 5.92 Å². The first kappa shape index (κ1) is 6.53. The van der Waals surface area contributed by atoms with Gasteiger partial charge in [0, 0.05) is 17.3 Å². The van der Waals surface area contributed by atoms with Crippen LogP contribution in [-0.4, -0.2) is 6.04 Å². The van der Waals surface area contributed by atoms with E-state index in [1.165, 1.54) is 5.70 Å². The van der Waals surface area contributed by atoms with E-state index in [0.717, 1.165) is 5.70 Å². The molecule has 0 aromatic carbocycles. The predicted octanol–water partition coefficient (Wildman–Crippen LogP) is 0.891. The zero-order valence-electron chi connectivity index (χ0n) is 6.54. The maximum Gasteiger partial charge on any atom is 0.0562 e. The van der Waals surface area contributed by atoms with Crippen LogP contribution in [0.5, 0.6) is 0 Å². The van der Waals surface area contributed by atoms with E-state index >= 15 is 0 Å². The van der Waals surface area contributed by atoms with Gasteiger partial charge in [0.1, 0.15) is 0 Å². The van der Waals surface area contributed by atoms with Crippen LogP contribution >= 0.6 is 0 Å². The molecule has 2 heteroatoms. The first-order valence-corrected chi connectivity index (χ1v) is 3.86. The largest absolute Gasteiger partial charge is 0.399 e. The van der Waals surface area contributed by atoms with Crippen molar-refractivity contribution in [1.82, 2.24) is 5.32 Å². The molecule has 0 bridgehead atoms. The van der Waals surface area contributed by atoms with Crippen LogP contribution in [0.25, 0.3) is 0 Å². The molecule has 2 unspecified atom stereocenters. The zero-order valence-corrected chi connectivity index (χ0v) is 6.54. The number of fused-ring (bicyclic) bond motifs is 1. The van der Waals surface area contributed by atoms with Crippen LogP contribution in [0.15, 0.2) is 35.7 Å². The molecule has 2 nitrogen and oxygen atoms in total. The summed E-state index contributed by atoms with van der Waals surface area (Å²) in [4.78, 5) is 0. The molecule has 2 atom stereocenters. The van der Waals surface area contributed by atoms with Gasteiger partial charge in [-0.15, -0.1) is 0 Å². The van der Waals surface area contributed by atoms with E-state index in [1.807, 2.05) is 6.08 Å². The number of allylic oxidation sites excluding steroid dienone is 2. The standard InChI is InChI=1S/C9H12N2/c1-6-4-7-2-3-8(10)5-9(7)11-6/h2-5,7,9,11H,10H2,1H3. The van der Waals surface area contributed by atoms with Gasteiger partial charge in [-0.25, -0.2) is 0 Å². The molecule has 58 valence electrons. The summed E-state index contributed by atoms with van der Waals surface area (Å²) in [6.45, 7) is 2.08. The number of hydrogen-bond acceptors (Lipinski definition) is 2. The Morgan fingerprint density at radius 1 is 1.45 bits per heavy atom. The maximum atomic E-state index is 5.65. The molecule has 0 saturated carbocycles. The molecule has 1 aliphatic carbocycles. The molecule has 1 heterocycles. The Hall–Kier alpha value is -1.18. The van der Waals surface area contributed by atoms with Gasteiger partial charge in [-0.2, -0.15) is 0 Å². The Morgan fingerprint density at radius 2 is 2.27 bits per heavy atom. The highest BCUT2D eigenvalue weighted by Crippen LogP contribution is 2.23. The third kappa shape index (κ3) is 1.04. The molecule has 0 aromatic heterocycles. The Balaban J connectivity index is 2.25.